The van der Waals surface area contributed by atoms with Crippen molar-refractivity contribution in [2.45, 2.75) is 26.2 Å². The molecule has 0 bridgehead atoms. The molecule has 90 valence electrons. The van der Waals surface area contributed by atoms with Crippen LogP contribution in [-0.4, -0.2) is 35.3 Å². The van der Waals surface area contributed by atoms with Crippen LogP contribution in [-0.2, 0) is 0 Å². The van der Waals surface area contributed by atoms with Crippen LogP contribution in [0.3, 0.4) is 0 Å². The van der Waals surface area contributed by atoms with Gasteiger partial charge in [-0.2, -0.15) is 4.98 Å². The summed E-state index contributed by atoms with van der Waals surface area (Å²) in [5, 5.41) is 14.8. The molecule has 0 fully saturated rings. The van der Waals surface area contributed by atoms with Crippen LogP contribution in [0.2, 0.25) is 0 Å². The largest absolute Gasteiger partial charge is 0.396 e. The van der Waals surface area contributed by atoms with E-state index in [1.807, 2.05) is 6.92 Å². The lowest BCUT2D eigenvalue weighted by atomic mass is 10.2. The number of rotatable bonds is 7. The highest BCUT2D eigenvalue weighted by Gasteiger charge is 2.01. The van der Waals surface area contributed by atoms with Crippen LogP contribution < -0.4 is 10.6 Å². The molecule has 1 heterocycles. The summed E-state index contributed by atoms with van der Waals surface area (Å²) in [6.07, 6.45) is 4.74. The Kier molecular flexibility index (Phi) is 5.56. The van der Waals surface area contributed by atoms with Crippen molar-refractivity contribution in [2.24, 2.45) is 0 Å². The van der Waals surface area contributed by atoms with E-state index in [0.29, 0.717) is 5.95 Å². The second-order valence-corrected chi connectivity index (χ2v) is 3.69. The predicted molar refractivity (Wildman–Crippen MR) is 65.7 cm³/mol. The summed E-state index contributed by atoms with van der Waals surface area (Å²) in [4.78, 5) is 8.45. The van der Waals surface area contributed by atoms with E-state index in [1.165, 1.54) is 0 Å². The van der Waals surface area contributed by atoms with Crippen molar-refractivity contribution in [3.8, 4) is 0 Å². The summed E-state index contributed by atoms with van der Waals surface area (Å²) in [5.41, 5.74) is 1.04. The van der Waals surface area contributed by atoms with Gasteiger partial charge in [-0.05, 0) is 26.2 Å². The fraction of sp³-hybridized carbons (Fsp3) is 0.636. The second kappa shape index (κ2) is 7.00. The smallest absolute Gasteiger partial charge is 0.224 e. The van der Waals surface area contributed by atoms with Gasteiger partial charge < -0.3 is 15.7 Å². The molecule has 0 aliphatic carbocycles. The van der Waals surface area contributed by atoms with Crippen LogP contribution >= 0.6 is 0 Å². The fourth-order valence-electron chi connectivity index (χ4n) is 1.36. The number of hydrogen-bond donors (Lipinski definition) is 3. The van der Waals surface area contributed by atoms with E-state index in [9.17, 15) is 0 Å². The Hall–Kier alpha value is -1.36. The molecule has 5 heteroatoms. The molecule has 16 heavy (non-hydrogen) atoms. The lowest BCUT2D eigenvalue weighted by molar-refractivity contribution is 0.283. The van der Waals surface area contributed by atoms with E-state index in [1.54, 1.807) is 13.2 Å². The van der Waals surface area contributed by atoms with Crippen LogP contribution in [0.15, 0.2) is 6.20 Å². The molecule has 1 aromatic rings. The number of aliphatic hydroxyl groups excluding tert-OH is 1. The van der Waals surface area contributed by atoms with Gasteiger partial charge in [0.05, 0.1) is 0 Å². The average Bonchev–Trinajstić information content (AvgIpc) is 2.31. The topological polar surface area (TPSA) is 70.1 Å². The third-order valence-corrected chi connectivity index (χ3v) is 2.32. The molecule has 3 N–H and O–H groups in total. The first-order valence-corrected chi connectivity index (χ1v) is 5.64. The van der Waals surface area contributed by atoms with Gasteiger partial charge in [-0.15, -0.1) is 0 Å². The van der Waals surface area contributed by atoms with Crippen molar-refractivity contribution in [1.29, 1.82) is 0 Å². The van der Waals surface area contributed by atoms with E-state index < -0.39 is 0 Å². The molecule has 0 atom stereocenters. The maximum atomic E-state index is 8.65. The Morgan fingerprint density at radius 1 is 1.31 bits per heavy atom. The van der Waals surface area contributed by atoms with E-state index in [0.717, 1.165) is 37.2 Å². The fourth-order valence-corrected chi connectivity index (χ4v) is 1.36. The first-order chi connectivity index (χ1) is 7.77. The van der Waals surface area contributed by atoms with Gasteiger partial charge in [0.15, 0.2) is 0 Å². The van der Waals surface area contributed by atoms with Crippen molar-refractivity contribution in [1.82, 2.24) is 9.97 Å². The average molecular weight is 224 g/mol. The van der Waals surface area contributed by atoms with Crippen LogP contribution in [0.4, 0.5) is 11.8 Å². The summed E-state index contributed by atoms with van der Waals surface area (Å²) in [6, 6.07) is 0. The molecule has 0 aromatic carbocycles. The molecule has 0 saturated heterocycles. The standard InChI is InChI=1S/C11H20N4O/c1-9-8-14-11(12-2)15-10(9)13-6-4-3-5-7-16/h8,16H,3-7H2,1-2H3,(H2,12,13,14,15). The van der Waals surface area contributed by atoms with Gasteiger partial charge >= 0.3 is 0 Å². The molecule has 0 unspecified atom stereocenters. The minimum absolute atomic E-state index is 0.274. The van der Waals surface area contributed by atoms with Gasteiger partial charge in [-0.1, -0.05) is 0 Å². The maximum Gasteiger partial charge on any atom is 0.224 e. The third kappa shape index (κ3) is 4.02. The van der Waals surface area contributed by atoms with Crippen molar-refractivity contribution < 1.29 is 5.11 Å². The van der Waals surface area contributed by atoms with E-state index in [2.05, 4.69) is 20.6 Å². The summed E-state index contributed by atoms with van der Waals surface area (Å²) in [5.74, 6) is 1.51. The monoisotopic (exact) mass is 224 g/mol. The minimum atomic E-state index is 0.274. The molecule has 1 rings (SSSR count). The zero-order valence-electron chi connectivity index (χ0n) is 9.95. The highest BCUT2D eigenvalue weighted by Crippen LogP contribution is 2.12. The highest BCUT2D eigenvalue weighted by molar-refractivity contribution is 5.46. The Bertz CT molecular complexity index is 317. The molecular weight excluding hydrogens is 204 g/mol. The summed E-state index contributed by atoms with van der Waals surface area (Å²) < 4.78 is 0. The van der Waals surface area contributed by atoms with Crippen LogP contribution in [0.5, 0.6) is 0 Å². The van der Waals surface area contributed by atoms with Crippen molar-refractivity contribution in [2.75, 3.05) is 30.8 Å². The highest BCUT2D eigenvalue weighted by atomic mass is 16.2. The minimum Gasteiger partial charge on any atom is -0.396 e. The van der Waals surface area contributed by atoms with Crippen molar-refractivity contribution >= 4 is 11.8 Å². The van der Waals surface area contributed by atoms with Gasteiger partial charge in [-0.3, -0.25) is 0 Å². The normalized spacial score (nSPS) is 10.2. The molecule has 1 aromatic heterocycles. The number of aryl methyl sites for hydroxylation is 1. The maximum absolute atomic E-state index is 8.65. The van der Waals surface area contributed by atoms with Crippen LogP contribution in [0.1, 0.15) is 24.8 Å². The number of hydrogen-bond acceptors (Lipinski definition) is 5. The lowest BCUT2D eigenvalue weighted by Crippen LogP contribution is -2.07. The first-order valence-electron chi connectivity index (χ1n) is 5.64. The van der Waals surface area contributed by atoms with E-state index in [-0.39, 0.29) is 6.61 Å². The molecule has 0 aliphatic heterocycles. The zero-order chi connectivity index (χ0) is 11.8. The van der Waals surface area contributed by atoms with Gasteiger partial charge in [-0.25, -0.2) is 4.98 Å². The SMILES string of the molecule is CNc1ncc(C)c(NCCCCCO)n1. The zero-order valence-corrected chi connectivity index (χ0v) is 9.95. The Morgan fingerprint density at radius 2 is 2.12 bits per heavy atom. The quantitative estimate of drug-likeness (QED) is 0.611. The van der Waals surface area contributed by atoms with Crippen molar-refractivity contribution in [3.63, 3.8) is 0 Å². The number of aliphatic hydroxyl groups is 1. The molecule has 0 aliphatic rings. The molecule has 0 amide bonds. The second-order valence-electron chi connectivity index (χ2n) is 3.69. The van der Waals surface area contributed by atoms with Crippen LogP contribution in [0.25, 0.3) is 0 Å². The number of nitrogens with zero attached hydrogens (tertiary/aromatic N) is 2. The van der Waals surface area contributed by atoms with E-state index >= 15 is 0 Å². The Morgan fingerprint density at radius 3 is 2.81 bits per heavy atom. The predicted octanol–water partition coefficient (Wildman–Crippen LogP) is 1.40. The van der Waals surface area contributed by atoms with Gasteiger partial charge in [0.1, 0.15) is 5.82 Å². The van der Waals surface area contributed by atoms with Crippen LogP contribution in [0, 0.1) is 6.92 Å². The summed E-state index contributed by atoms with van der Waals surface area (Å²) in [6.45, 7) is 3.13. The van der Waals surface area contributed by atoms with Gasteiger partial charge in [0.25, 0.3) is 0 Å². The number of anilines is 2. The third-order valence-electron chi connectivity index (χ3n) is 2.32. The Balaban J connectivity index is 2.40. The summed E-state index contributed by atoms with van der Waals surface area (Å²) >= 11 is 0. The number of nitrogens with one attached hydrogen (secondary N) is 2. The molecule has 0 saturated carbocycles. The van der Waals surface area contributed by atoms with Crippen molar-refractivity contribution in [3.05, 3.63) is 11.8 Å². The Labute approximate surface area is 96.3 Å². The van der Waals surface area contributed by atoms with E-state index in [4.69, 9.17) is 5.11 Å². The van der Waals surface area contributed by atoms with Gasteiger partial charge in [0.2, 0.25) is 5.95 Å². The number of unbranched alkanes of at least 4 members (excludes halogenated alkanes) is 2. The first kappa shape index (κ1) is 12.7. The number of aromatic nitrogens is 2. The summed E-state index contributed by atoms with van der Waals surface area (Å²) in [7, 11) is 1.80. The molecule has 0 spiro atoms. The molecule has 5 nitrogen and oxygen atoms in total. The van der Waals surface area contributed by atoms with Gasteiger partial charge in [0, 0.05) is 32.0 Å². The molecule has 0 radical (unpaired) electrons. The molecular formula is C11H20N4O. The lowest BCUT2D eigenvalue weighted by Gasteiger charge is -2.09.